The Hall–Kier alpha value is -3.15. The zero-order valence-corrected chi connectivity index (χ0v) is 10.9. The topological polar surface area (TPSA) is 77.1 Å². The van der Waals surface area contributed by atoms with Crippen LogP contribution >= 0.6 is 0 Å². The van der Waals surface area contributed by atoms with Crippen LogP contribution in [0.3, 0.4) is 0 Å². The molecule has 0 saturated carbocycles. The molecule has 6 heteroatoms. The van der Waals surface area contributed by atoms with E-state index in [0.717, 1.165) is 0 Å². The number of nitrogens with zero attached hydrogens (tertiary/aromatic N) is 2. The number of aromatic nitrogens is 2. The van der Waals surface area contributed by atoms with Crippen molar-refractivity contribution >= 4 is 11.7 Å². The van der Waals surface area contributed by atoms with E-state index in [0.29, 0.717) is 15.9 Å². The van der Waals surface area contributed by atoms with Gasteiger partial charge in [-0.05, 0) is 24.3 Å². The molecule has 2 aromatic carbocycles. The van der Waals surface area contributed by atoms with E-state index in [9.17, 15) is 9.59 Å². The Kier molecular flexibility index (Phi) is 3.34. The third-order valence-corrected chi connectivity index (χ3v) is 2.79. The molecule has 0 fully saturated rings. The first-order valence-electron chi connectivity index (χ1n) is 6.26. The minimum atomic E-state index is -0.831. The molecule has 0 saturated heterocycles. The number of benzene rings is 2. The van der Waals surface area contributed by atoms with Crippen molar-refractivity contribution in [1.82, 2.24) is 9.78 Å². The van der Waals surface area contributed by atoms with Gasteiger partial charge < -0.3 is 9.73 Å². The Labute approximate surface area is 119 Å². The fourth-order valence-electron chi connectivity index (χ4n) is 1.80. The second-order valence-corrected chi connectivity index (χ2v) is 4.25. The van der Waals surface area contributed by atoms with Gasteiger partial charge in [0.1, 0.15) is 0 Å². The number of nitrogens with one attached hydrogen (secondary N) is 1. The lowest BCUT2D eigenvalue weighted by Gasteiger charge is -2.01. The molecule has 0 radical (unpaired) electrons. The standard InChI is InChI=1S/C15H11N3O3/c19-14(16-12-9-5-2-6-10-12)18-15(20)21-13(17-18)11-7-3-1-4-8-11/h1-10H,(H,16,19). The van der Waals surface area contributed by atoms with Gasteiger partial charge in [0, 0.05) is 11.3 Å². The highest BCUT2D eigenvalue weighted by Gasteiger charge is 2.15. The Morgan fingerprint density at radius 1 is 1.00 bits per heavy atom. The van der Waals surface area contributed by atoms with E-state index in [1.807, 2.05) is 12.1 Å². The lowest BCUT2D eigenvalue weighted by Crippen LogP contribution is -2.29. The zero-order chi connectivity index (χ0) is 14.7. The average molecular weight is 281 g/mol. The van der Waals surface area contributed by atoms with E-state index in [-0.39, 0.29) is 5.89 Å². The van der Waals surface area contributed by atoms with Gasteiger partial charge in [0.25, 0.3) is 0 Å². The van der Waals surface area contributed by atoms with Gasteiger partial charge in [0.15, 0.2) is 0 Å². The van der Waals surface area contributed by atoms with Crippen molar-refractivity contribution in [1.29, 1.82) is 0 Å². The van der Waals surface area contributed by atoms with Gasteiger partial charge >= 0.3 is 11.8 Å². The van der Waals surface area contributed by atoms with Gasteiger partial charge in [-0.15, -0.1) is 9.78 Å². The van der Waals surface area contributed by atoms with Crippen LogP contribution < -0.4 is 11.1 Å². The lowest BCUT2D eigenvalue weighted by atomic mass is 10.2. The number of rotatable bonds is 2. The SMILES string of the molecule is O=C(Nc1ccccc1)n1nc(-c2ccccc2)oc1=O. The molecule has 0 unspecified atom stereocenters. The summed E-state index contributed by atoms with van der Waals surface area (Å²) in [7, 11) is 0. The fourth-order valence-corrected chi connectivity index (χ4v) is 1.80. The number of carbonyl (C=O) groups is 1. The Bertz CT molecular complexity index is 807. The van der Waals surface area contributed by atoms with Crippen molar-refractivity contribution in [2.45, 2.75) is 0 Å². The van der Waals surface area contributed by atoms with Crippen LogP contribution in [0.25, 0.3) is 11.5 Å². The Morgan fingerprint density at radius 3 is 2.29 bits per heavy atom. The van der Waals surface area contributed by atoms with Gasteiger partial charge in [-0.25, -0.2) is 9.59 Å². The van der Waals surface area contributed by atoms with Crippen LogP contribution in [0.2, 0.25) is 0 Å². The molecule has 21 heavy (non-hydrogen) atoms. The first-order chi connectivity index (χ1) is 10.2. The maximum absolute atomic E-state index is 12.0. The van der Waals surface area contributed by atoms with E-state index in [1.54, 1.807) is 48.5 Å². The Balaban J connectivity index is 1.88. The molecule has 0 aliphatic rings. The van der Waals surface area contributed by atoms with Gasteiger partial charge in [-0.2, -0.15) is 0 Å². The van der Waals surface area contributed by atoms with Crippen LogP contribution in [-0.4, -0.2) is 15.8 Å². The van der Waals surface area contributed by atoms with E-state index < -0.39 is 11.8 Å². The molecule has 1 N–H and O–H groups in total. The summed E-state index contributed by atoms with van der Waals surface area (Å²) in [5.41, 5.74) is 1.19. The van der Waals surface area contributed by atoms with Crippen LogP contribution in [0, 0.1) is 0 Å². The highest BCUT2D eigenvalue weighted by Crippen LogP contribution is 2.14. The maximum Gasteiger partial charge on any atom is 0.446 e. The molecule has 3 aromatic rings. The quantitative estimate of drug-likeness (QED) is 0.783. The number of hydrogen-bond donors (Lipinski definition) is 1. The number of carbonyl (C=O) groups excluding carboxylic acids is 1. The molecule has 1 amide bonds. The molecule has 0 atom stereocenters. The molecule has 1 heterocycles. The lowest BCUT2D eigenvalue weighted by molar-refractivity contribution is 0.249. The minimum Gasteiger partial charge on any atom is -0.387 e. The van der Waals surface area contributed by atoms with Crippen molar-refractivity contribution in [3.63, 3.8) is 0 Å². The third-order valence-electron chi connectivity index (χ3n) is 2.79. The van der Waals surface area contributed by atoms with E-state index in [1.165, 1.54) is 0 Å². The normalized spacial score (nSPS) is 10.3. The summed E-state index contributed by atoms with van der Waals surface area (Å²) in [6.07, 6.45) is 0. The Morgan fingerprint density at radius 2 is 1.62 bits per heavy atom. The first-order valence-corrected chi connectivity index (χ1v) is 6.26. The molecular weight excluding hydrogens is 270 g/mol. The summed E-state index contributed by atoms with van der Waals surface area (Å²) >= 11 is 0. The summed E-state index contributed by atoms with van der Waals surface area (Å²) in [4.78, 5) is 23.7. The molecule has 3 rings (SSSR count). The van der Waals surface area contributed by atoms with Crippen molar-refractivity contribution in [3.8, 4) is 11.5 Å². The van der Waals surface area contributed by atoms with Gasteiger partial charge in [-0.3, -0.25) is 0 Å². The van der Waals surface area contributed by atoms with Gasteiger partial charge in [0.2, 0.25) is 5.89 Å². The highest BCUT2D eigenvalue weighted by molar-refractivity contribution is 5.90. The van der Waals surface area contributed by atoms with Crippen LogP contribution in [0.1, 0.15) is 0 Å². The van der Waals surface area contributed by atoms with Crippen LogP contribution in [0.4, 0.5) is 10.5 Å². The fraction of sp³-hybridized carbons (Fsp3) is 0. The third kappa shape index (κ3) is 2.74. The molecule has 0 aliphatic carbocycles. The van der Waals surface area contributed by atoms with Crippen LogP contribution in [0.15, 0.2) is 69.9 Å². The van der Waals surface area contributed by atoms with Crippen molar-refractivity contribution in [3.05, 3.63) is 71.2 Å². The minimum absolute atomic E-state index is 0.101. The summed E-state index contributed by atoms with van der Waals surface area (Å²) in [6, 6.07) is 17.0. The zero-order valence-electron chi connectivity index (χ0n) is 10.9. The van der Waals surface area contributed by atoms with Crippen LogP contribution in [0.5, 0.6) is 0 Å². The molecule has 0 aliphatic heterocycles. The molecule has 6 nitrogen and oxygen atoms in total. The largest absolute Gasteiger partial charge is 0.446 e. The second-order valence-electron chi connectivity index (χ2n) is 4.25. The maximum atomic E-state index is 12.0. The van der Waals surface area contributed by atoms with Gasteiger partial charge in [0.05, 0.1) is 0 Å². The number of para-hydroxylation sites is 1. The van der Waals surface area contributed by atoms with Crippen molar-refractivity contribution in [2.24, 2.45) is 0 Å². The molecule has 104 valence electrons. The predicted molar refractivity (Wildman–Crippen MR) is 77.1 cm³/mol. The summed E-state index contributed by atoms with van der Waals surface area (Å²) in [6.45, 7) is 0. The summed E-state index contributed by atoms with van der Waals surface area (Å²) < 4.78 is 5.66. The second kappa shape index (κ2) is 5.46. The predicted octanol–water partition coefficient (Wildman–Crippen LogP) is 2.58. The number of hydrogen-bond acceptors (Lipinski definition) is 4. The monoisotopic (exact) mass is 281 g/mol. The highest BCUT2D eigenvalue weighted by atomic mass is 16.4. The van der Waals surface area contributed by atoms with Gasteiger partial charge in [-0.1, -0.05) is 36.4 Å². The molecule has 0 bridgehead atoms. The van der Waals surface area contributed by atoms with E-state index in [4.69, 9.17) is 4.42 Å². The molecular formula is C15H11N3O3. The van der Waals surface area contributed by atoms with Crippen molar-refractivity contribution in [2.75, 3.05) is 5.32 Å². The summed E-state index contributed by atoms with van der Waals surface area (Å²) in [5, 5.41) is 6.47. The summed E-state index contributed by atoms with van der Waals surface area (Å²) in [5.74, 6) is -0.730. The average Bonchev–Trinajstić information content (AvgIpc) is 2.91. The molecule has 1 aromatic heterocycles. The number of amides is 1. The molecule has 0 spiro atoms. The van der Waals surface area contributed by atoms with Crippen molar-refractivity contribution < 1.29 is 9.21 Å². The van der Waals surface area contributed by atoms with E-state index >= 15 is 0 Å². The number of anilines is 1. The first kappa shape index (κ1) is 12.9. The van der Waals surface area contributed by atoms with Crippen LogP contribution in [-0.2, 0) is 0 Å². The van der Waals surface area contributed by atoms with E-state index in [2.05, 4.69) is 10.4 Å². The smallest absolute Gasteiger partial charge is 0.387 e.